The summed E-state index contributed by atoms with van der Waals surface area (Å²) < 4.78 is 5.09. The van der Waals surface area contributed by atoms with E-state index in [9.17, 15) is 10.1 Å². The molecule has 0 bridgehead atoms. The van der Waals surface area contributed by atoms with Crippen molar-refractivity contribution in [3.63, 3.8) is 0 Å². The number of rotatable bonds is 6. The third-order valence-corrected chi connectivity index (χ3v) is 2.65. The van der Waals surface area contributed by atoms with Crippen LogP contribution in [-0.4, -0.2) is 24.7 Å². The molecule has 0 saturated carbocycles. The monoisotopic (exact) mass is 238 g/mol. The first kappa shape index (κ1) is 13.4. The van der Waals surface area contributed by atoms with Gasteiger partial charge in [-0.15, -0.1) is 0 Å². The summed E-state index contributed by atoms with van der Waals surface area (Å²) in [7, 11) is 1.64. The van der Waals surface area contributed by atoms with Crippen molar-refractivity contribution in [2.75, 3.05) is 19.0 Å². The first-order valence-corrected chi connectivity index (χ1v) is 5.59. The van der Waals surface area contributed by atoms with Crippen LogP contribution in [0, 0.1) is 17.0 Å². The molecule has 0 heterocycles. The maximum atomic E-state index is 10.7. The van der Waals surface area contributed by atoms with Crippen LogP contribution in [0.5, 0.6) is 0 Å². The van der Waals surface area contributed by atoms with Crippen LogP contribution in [0.2, 0.25) is 0 Å². The molecule has 0 amide bonds. The van der Waals surface area contributed by atoms with Crippen LogP contribution in [0.25, 0.3) is 0 Å². The predicted octanol–water partition coefficient (Wildman–Crippen LogP) is 2.74. The van der Waals surface area contributed by atoms with E-state index in [-0.39, 0.29) is 16.7 Å². The van der Waals surface area contributed by atoms with E-state index in [1.54, 1.807) is 19.2 Å². The zero-order valence-electron chi connectivity index (χ0n) is 10.4. The molecule has 1 unspecified atom stereocenters. The van der Waals surface area contributed by atoms with E-state index in [1.807, 2.05) is 13.8 Å². The standard InChI is InChI=1S/C12H18N2O3/c1-4-10(8-17-3)13-12-7-11(14(15)16)6-5-9(12)2/h5-7,10,13H,4,8H2,1-3H3. The number of anilines is 1. The number of nitrogens with zero attached hydrogens (tertiary/aromatic N) is 1. The van der Waals surface area contributed by atoms with E-state index >= 15 is 0 Å². The molecule has 0 fully saturated rings. The fourth-order valence-corrected chi connectivity index (χ4v) is 1.56. The second-order valence-electron chi connectivity index (χ2n) is 3.96. The molecular formula is C12H18N2O3. The average molecular weight is 238 g/mol. The average Bonchev–Trinajstić information content (AvgIpc) is 2.30. The molecule has 0 spiro atoms. The summed E-state index contributed by atoms with van der Waals surface area (Å²) in [5.41, 5.74) is 1.89. The maximum absolute atomic E-state index is 10.7. The summed E-state index contributed by atoms with van der Waals surface area (Å²) in [5.74, 6) is 0. The zero-order chi connectivity index (χ0) is 12.8. The van der Waals surface area contributed by atoms with Gasteiger partial charge in [0.2, 0.25) is 0 Å². The van der Waals surface area contributed by atoms with Gasteiger partial charge in [0.1, 0.15) is 0 Å². The molecule has 0 aliphatic heterocycles. The molecule has 0 saturated heterocycles. The van der Waals surface area contributed by atoms with Crippen molar-refractivity contribution in [2.45, 2.75) is 26.3 Å². The van der Waals surface area contributed by atoms with Crippen LogP contribution in [0.3, 0.4) is 0 Å². The molecule has 94 valence electrons. The second kappa shape index (κ2) is 6.20. The predicted molar refractivity (Wildman–Crippen MR) is 67.4 cm³/mol. The number of ether oxygens (including phenoxy) is 1. The first-order valence-electron chi connectivity index (χ1n) is 5.59. The van der Waals surface area contributed by atoms with Gasteiger partial charge in [-0.1, -0.05) is 13.0 Å². The summed E-state index contributed by atoms with van der Waals surface area (Å²) in [6, 6.07) is 4.99. The van der Waals surface area contributed by atoms with E-state index < -0.39 is 0 Å². The number of benzene rings is 1. The van der Waals surface area contributed by atoms with Crippen LogP contribution in [-0.2, 0) is 4.74 Å². The van der Waals surface area contributed by atoms with Gasteiger partial charge in [0, 0.05) is 31.0 Å². The molecular weight excluding hydrogens is 220 g/mol. The van der Waals surface area contributed by atoms with Gasteiger partial charge in [-0.2, -0.15) is 0 Å². The molecule has 1 N–H and O–H groups in total. The van der Waals surface area contributed by atoms with Gasteiger partial charge in [0.25, 0.3) is 5.69 Å². The molecule has 0 aliphatic carbocycles. The SMILES string of the molecule is CCC(COC)Nc1cc([N+](=O)[O-])ccc1C. The minimum Gasteiger partial charge on any atom is -0.383 e. The second-order valence-corrected chi connectivity index (χ2v) is 3.96. The number of aryl methyl sites for hydroxylation is 1. The Balaban J connectivity index is 2.88. The number of nitro benzene ring substituents is 1. The lowest BCUT2D eigenvalue weighted by molar-refractivity contribution is -0.384. The Morgan fingerprint density at radius 2 is 2.24 bits per heavy atom. The number of nitro groups is 1. The number of methoxy groups -OCH3 is 1. The minimum absolute atomic E-state index is 0.102. The quantitative estimate of drug-likeness (QED) is 0.611. The fourth-order valence-electron chi connectivity index (χ4n) is 1.56. The summed E-state index contributed by atoms with van der Waals surface area (Å²) in [6.07, 6.45) is 0.899. The Hall–Kier alpha value is -1.62. The van der Waals surface area contributed by atoms with Crippen LogP contribution in [0.1, 0.15) is 18.9 Å². The minimum atomic E-state index is -0.387. The Labute approximate surface area is 101 Å². The van der Waals surface area contributed by atoms with E-state index in [0.717, 1.165) is 17.7 Å². The highest BCUT2D eigenvalue weighted by molar-refractivity contribution is 5.57. The van der Waals surface area contributed by atoms with Gasteiger partial charge in [-0.25, -0.2) is 0 Å². The highest BCUT2D eigenvalue weighted by Gasteiger charge is 2.11. The summed E-state index contributed by atoms with van der Waals surface area (Å²) in [4.78, 5) is 10.3. The van der Waals surface area contributed by atoms with E-state index in [0.29, 0.717) is 6.61 Å². The van der Waals surface area contributed by atoms with Crippen LogP contribution in [0.15, 0.2) is 18.2 Å². The van der Waals surface area contributed by atoms with Crippen LogP contribution < -0.4 is 5.32 Å². The first-order chi connectivity index (χ1) is 8.08. The van der Waals surface area contributed by atoms with Crippen LogP contribution >= 0.6 is 0 Å². The van der Waals surface area contributed by atoms with E-state index in [2.05, 4.69) is 5.32 Å². The highest BCUT2D eigenvalue weighted by Crippen LogP contribution is 2.22. The molecule has 0 aromatic heterocycles. The maximum Gasteiger partial charge on any atom is 0.271 e. The molecule has 1 aromatic rings. The van der Waals surface area contributed by atoms with Crippen molar-refractivity contribution in [3.05, 3.63) is 33.9 Å². The fraction of sp³-hybridized carbons (Fsp3) is 0.500. The number of nitrogens with one attached hydrogen (secondary N) is 1. The van der Waals surface area contributed by atoms with Gasteiger partial charge in [0.05, 0.1) is 11.5 Å². The lowest BCUT2D eigenvalue weighted by Crippen LogP contribution is -2.24. The summed E-state index contributed by atoms with van der Waals surface area (Å²) in [5, 5.41) is 14.0. The van der Waals surface area contributed by atoms with Crippen LogP contribution in [0.4, 0.5) is 11.4 Å². The molecule has 1 aromatic carbocycles. The Kier molecular flexibility index (Phi) is 4.90. The highest BCUT2D eigenvalue weighted by atomic mass is 16.6. The molecule has 0 aliphatic rings. The molecule has 1 atom stereocenters. The largest absolute Gasteiger partial charge is 0.383 e. The van der Waals surface area contributed by atoms with Crippen molar-refractivity contribution in [1.29, 1.82) is 0 Å². The lowest BCUT2D eigenvalue weighted by Gasteiger charge is -2.18. The number of non-ortho nitro benzene ring substituents is 1. The van der Waals surface area contributed by atoms with Crippen molar-refractivity contribution in [2.24, 2.45) is 0 Å². The molecule has 0 radical (unpaired) electrons. The van der Waals surface area contributed by atoms with E-state index in [4.69, 9.17) is 4.74 Å². The van der Waals surface area contributed by atoms with Crippen molar-refractivity contribution in [1.82, 2.24) is 0 Å². The molecule has 5 nitrogen and oxygen atoms in total. The molecule has 17 heavy (non-hydrogen) atoms. The van der Waals surface area contributed by atoms with Gasteiger partial charge < -0.3 is 10.1 Å². The summed E-state index contributed by atoms with van der Waals surface area (Å²) >= 11 is 0. The van der Waals surface area contributed by atoms with Crippen molar-refractivity contribution < 1.29 is 9.66 Å². The molecule has 5 heteroatoms. The van der Waals surface area contributed by atoms with Gasteiger partial charge in [0.15, 0.2) is 0 Å². The Bertz CT molecular complexity index is 393. The van der Waals surface area contributed by atoms with Crippen molar-refractivity contribution in [3.8, 4) is 0 Å². The number of hydrogen-bond donors (Lipinski definition) is 1. The van der Waals surface area contributed by atoms with Gasteiger partial charge in [-0.3, -0.25) is 10.1 Å². The zero-order valence-corrected chi connectivity index (χ0v) is 10.4. The van der Waals surface area contributed by atoms with Gasteiger partial charge in [-0.05, 0) is 18.9 Å². The smallest absolute Gasteiger partial charge is 0.271 e. The lowest BCUT2D eigenvalue weighted by atomic mass is 10.1. The normalized spacial score (nSPS) is 12.2. The Morgan fingerprint density at radius 1 is 1.53 bits per heavy atom. The third-order valence-electron chi connectivity index (χ3n) is 2.65. The summed E-state index contributed by atoms with van der Waals surface area (Å²) in [6.45, 7) is 4.55. The Morgan fingerprint density at radius 3 is 2.76 bits per heavy atom. The molecule has 1 rings (SSSR count). The third kappa shape index (κ3) is 3.71. The topological polar surface area (TPSA) is 64.4 Å². The van der Waals surface area contributed by atoms with E-state index in [1.165, 1.54) is 6.07 Å². The van der Waals surface area contributed by atoms with Crippen molar-refractivity contribution >= 4 is 11.4 Å². The number of hydrogen-bond acceptors (Lipinski definition) is 4. The van der Waals surface area contributed by atoms with Gasteiger partial charge >= 0.3 is 0 Å².